The van der Waals surface area contributed by atoms with Gasteiger partial charge in [-0.25, -0.2) is 0 Å². The van der Waals surface area contributed by atoms with Gasteiger partial charge in [-0.3, -0.25) is 0 Å². The van der Waals surface area contributed by atoms with Crippen molar-refractivity contribution in [2.45, 2.75) is 45.8 Å². The van der Waals surface area contributed by atoms with Gasteiger partial charge in [-0.2, -0.15) is 0 Å². The van der Waals surface area contributed by atoms with Crippen LogP contribution in [0.5, 0.6) is 0 Å². The molecule has 0 fully saturated rings. The van der Waals surface area contributed by atoms with Crippen LogP contribution in [0.3, 0.4) is 0 Å². The second kappa shape index (κ2) is 7.20. The molecule has 0 radical (unpaired) electrons. The van der Waals surface area contributed by atoms with Crippen molar-refractivity contribution in [1.29, 1.82) is 0 Å². The van der Waals surface area contributed by atoms with Gasteiger partial charge in [0, 0.05) is 12.1 Å². The van der Waals surface area contributed by atoms with Crippen LogP contribution in [-0.2, 0) is 4.74 Å². The van der Waals surface area contributed by atoms with Crippen molar-refractivity contribution < 1.29 is 4.74 Å². The quantitative estimate of drug-likeness (QED) is 0.669. The van der Waals surface area contributed by atoms with Crippen molar-refractivity contribution in [3.8, 4) is 0 Å². The first-order chi connectivity index (χ1) is 6.94. The highest BCUT2D eigenvalue weighted by molar-refractivity contribution is 4.77. The smallest absolute Gasteiger partial charge is 0.0697 e. The van der Waals surface area contributed by atoms with Gasteiger partial charge < -0.3 is 15.0 Å². The molecule has 0 aliphatic carbocycles. The number of ether oxygens (including phenoxy) is 1. The third-order valence-corrected chi connectivity index (χ3v) is 2.96. The molecule has 0 aromatic heterocycles. The maximum absolute atomic E-state index is 5.92. The van der Waals surface area contributed by atoms with Crippen molar-refractivity contribution in [3.63, 3.8) is 0 Å². The van der Waals surface area contributed by atoms with E-state index in [9.17, 15) is 0 Å². The van der Waals surface area contributed by atoms with Gasteiger partial charge in [0.05, 0.1) is 12.7 Å². The first-order valence-electron chi connectivity index (χ1n) is 5.93. The molecule has 0 aromatic carbocycles. The molecule has 0 bridgehead atoms. The van der Waals surface area contributed by atoms with Crippen LogP contribution in [0.4, 0.5) is 0 Å². The van der Waals surface area contributed by atoms with Gasteiger partial charge in [0.15, 0.2) is 0 Å². The summed E-state index contributed by atoms with van der Waals surface area (Å²) in [5, 5.41) is 3.33. The fourth-order valence-corrected chi connectivity index (χ4v) is 1.08. The fraction of sp³-hybridized carbons (Fsp3) is 1.00. The van der Waals surface area contributed by atoms with Crippen LogP contribution in [-0.4, -0.2) is 50.3 Å². The molecule has 0 saturated heterocycles. The van der Waals surface area contributed by atoms with E-state index in [4.69, 9.17) is 4.74 Å². The molecule has 0 amide bonds. The highest BCUT2D eigenvalue weighted by atomic mass is 16.5. The van der Waals surface area contributed by atoms with Gasteiger partial charge in [-0.05, 0) is 40.9 Å². The summed E-state index contributed by atoms with van der Waals surface area (Å²) in [5.41, 5.74) is 0.111. The van der Waals surface area contributed by atoms with Crippen LogP contribution >= 0.6 is 0 Å². The van der Waals surface area contributed by atoms with E-state index in [-0.39, 0.29) is 5.54 Å². The molecule has 1 N–H and O–H groups in total. The average molecular weight is 216 g/mol. The lowest BCUT2D eigenvalue weighted by atomic mass is 10.1. The summed E-state index contributed by atoms with van der Waals surface area (Å²) in [6, 6.07) is 0. The minimum Gasteiger partial charge on any atom is -0.375 e. The van der Waals surface area contributed by atoms with E-state index in [1.54, 1.807) is 0 Å². The van der Waals surface area contributed by atoms with E-state index in [1.165, 1.54) is 0 Å². The predicted octanol–water partition coefficient (Wildman–Crippen LogP) is 1.73. The highest BCUT2D eigenvalue weighted by Gasteiger charge is 2.22. The Bertz CT molecular complexity index is 158. The van der Waals surface area contributed by atoms with Crippen LogP contribution in [0.1, 0.15) is 34.1 Å². The number of hydrogen-bond acceptors (Lipinski definition) is 3. The minimum absolute atomic E-state index is 0.111. The molecule has 0 aromatic rings. The second-order valence-electron chi connectivity index (χ2n) is 4.86. The Morgan fingerprint density at radius 1 is 1.27 bits per heavy atom. The fourth-order valence-electron chi connectivity index (χ4n) is 1.08. The molecule has 15 heavy (non-hydrogen) atoms. The van der Waals surface area contributed by atoms with Crippen LogP contribution < -0.4 is 5.32 Å². The van der Waals surface area contributed by atoms with Crippen molar-refractivity contribution in [2.75, 3.05) is 33.8 Å². The van der Waals surface area contributed by atoms with Gasteiger partial charge >= 0.3 is 0 Å². The lowest BCUT2D eigenvalue weighted by Gasteiger charge is -2.33. The third-order valence-electron chi connectivity index (χ3n) is 2.96. The average Bonchev–Trinajstić information content (AvgIpc) is 2.18. The number of likely N-dealkylation sites (N-methyl/N-ethyl adjacent to an activating group) is 2. The van der Waals surface area contributed by atoms with Crippen molar-refractivity contribution >= 4 is 0 Å². The Balaban J connectivity index is 3.88. The van der Waals surface area contributed by atoms with Gasteiger partial charge in [0.2, 0.25) is 0 Å². The summed E-state index contributed by atoms with van der Waals surface area (Å²) < 4.78 is 5.92. The van der Waals surface area contributed by atoms with E-state index in [2.05, 4.69) is 52.0 Å². The molecule has 1 atom stereocenters. The maximum Gasteiger partial charge on any atom is 0.0697 e. The normalized spacial score (nSPS) is 14.6. The van der Waals surface area contributed by atoms with E-state index in [0.29, 0.717) is 6.10 Å². The first-order valence-corrected chi connectivity index (χ1v) is 5.93. The van der Waals surface area contributed by atoms with Crippen molar-refractivity contribution in [1.82, 2.24) is 10.2 Å². The lowest BCUT2D eigenvalue weighted by molar-refractivity contribution is -0.0121. The third kappa shape index (κ3) is 6.13. The molecule has 92 valence electrons. The highest BCUT2D eigenvalue weighted by Crippen LogP contribution is 2.12. The summed E-state index contributed by atoms with van der Waals surface area (Å²) in [4.78, 5) is 2.20. The van der Waals surface area contributed by atoms with Gasteiger partial charge in [0.25, 0.3) is 0 Å². The van der Waals surface area contributed by atoms with Crippen LogP contribution in [0, 0.1) is 0 Å². The Hall–Kier alpha value is -0.120. The van der Waals surface area contributed by atoms with Gasteiger partial charge in [-0.1, -0.05) is 13.8 Å². The monoisotopic (exact) mass is 216 g/mol. The zero-order chi connectivity index (χ0) is 11.9. The van der Waals surface area contributed by atoms with Crippen LogP contribution in [0.2, 0.25) is 0 Å². The van der Waals surface area contributed by atoms with Crippen LogP contribution in [0.25, 0.3) is 0 Å². The summed E-state index contributed by atoms with van der Waals surface area (Å²) in [6.07, 6.45) is 1.40. The lowest BCUT2D eigenvalue weighted by Crippen LogP contribution is -2.44. The molecule has 0 aliphatic heterocycles. The molecular weight excluding hydrogens is 188 g/mol. The van der Waals surface area contributed by atoms with E-state index in [1.807, 2.05) is 0 Å². The van der Waals surface area contributed by atoms with Crippen molar-refractivity contribution in [2.24, 2.45) is 0 Å². The number of hydrogen-bond donors (Lipinski definition) is 1. The molecule has 0 spiro atoms. The Kier molecular flexibility index (Phi) is 7.14. The molecular formula is C12H28N2O. The minimum atomic E-state index is 0.111. The molecule has 3 heteroatoms. The van der Waals surface area contributed by atoms with Crippen molar-refractivity contribution in [3.05, 3.63) is 0 Å². The molecule has 3 nitrogen and oxygen atoms in total. The Morgan fingerprint density at radius 3 is 2.27 bits per heavy atom. The zero-order valence-corrected chi connectivity index (χ0v) is 11.3. The molecule has 0 heterocycles. The van der Waals surface area contributed by atoms with E-state index in [0.717, 1.165) is 26.1 Å². The summed E-state index contributed by atoms with van der Waals surface area (Å²) >= 11 is 0. The second-order valence-corrected chi connectivity index (χ2v) is 4.86. The van der Waals surface area contributed by atoms with E-state index < -0.39 is 0 Å². The molecule has 0 saturated carbocycles. The standard InChI is InChI=1S/C12H28N2O/c1-7-11(9-13-8-2)15-10-12(3,4)14(5)6/h11,13H,7-10H2,1-6H3. The maximum atomic E-state index is 5.92. The zero-order valence-electron chi connectivity index (χ0n) is 11.3. The predicted molar refractivity (Wildman–Crippen MR) is 66.3 cm³/mol. The SMILES string of the molecule is CCNCC(CC)OCC(C)(C)N(C)C. The van der Waals surface area contributed by atoms with E-state index >= 15 is 0 Å². The van der Waals surface area contributed by atoms with Gasteiger partial charge in [0.1, 0.15) is 0 Å². The number of nitrogens with one attached hydrogen (secondary N) is 1. The summed E-state index contributed by atoms with van der Waals surface area (Å²) in [6.45, 7) is 11.4. The Labute approximate surface area is 95.2 Å². The summed E-state index contributed by atoms with van der Waals surface area (Å²) in [5.74, 6) is 0. The molecule has 1 unspecified atom stereocenters. The number of rotatable bonds is 8. The van der Waals surface area contributed by atoms with Gasteiger partial charge in [-0.15, -0.1) is 0 Å². The van der Waals surface area contributed by atoms with Crippen LogP contribution in [0.15, 0.2) is 0 Å². The largest absolute Gasteiger partial charge is 0.375 e. The summed E-state index contributed by atoms with van der Waals surface area (Å²) in [7, 11) is 4.18. The molecule has 0 rings (SSSR count). The Morgan fingerprint density at radius 2 is 1.87 bits per heavy atom. The topological polar surface area (TPSA) is 24.5 Å². The number of nitrogens with zero attached hydrogens (tertiary/aromatic N) is 1. The molecule has 0 aliphatic rings. The first kappa shape index (κ1) is 14.9.